The van der Waals surface area contributed by atoms with Gasteiger partial charge >= 0.3 is 0 Å². The Balaban J connectivity index is 1.47. The summed E-state index contributed by atoms with van der Waals surface area (Å²) in [6, 6.07) is 31.7. The number of hydrogen-bond donors (Lipinski definition) is 1. The van der Waals surface area contributed by atoms with E-state index in [1.54, 1.807) is 24.1 Å². The molecule has 35 heavy (non-hydrogen) atoms. The fourth-order valence-corrected chi connectivity index (χ4v) is 3.84. The molecule has 4 aromatic carbocycles. The average Bonchev–Trinajstić information content (AvgIpc) is 3.35. The van der Waals surface area contributed by atoms with E-state index in [1.807, 2.05) is 73.7 Å². The van der Waals surface area contributed by atoms with E-state index in [2.05, 4.69) is 39.9 Å². The maximum Gasteiger partial charge on any atom is 0.291 e. The lowest BCUT2D eigenvalue weighted by Crippen LogP contribution is -2.18. The Kier molecular flexibility index (Phi) is 6.09. The normalized spacial score (nSPS) is 11.1. The standard InChI is InChI=1S/C29H24N4O2/c1-20-7-13-25(14-8-20)33-28(24-12-11-22-5-3-4-6-23(22)17-24)18-27(32-33)29(34)31-30-19-21-9-15-26(35-2)16-10-21/h3-19H,1-2H3,(H,31,34)/b30-19-. The van der Waals surface area contributed by atoms with Crippen molar-refractivity contribution in [3.05, 3.63) is 114 Å². The van der Waals surface area contributed by atoms with Crippen molar-refractivity contribution in [2.45, 2.75) is 6.92 Å². The first-order valence-corrected chi connectivity index (χ1v) is 11.2. The molecule has 6 heteroatoms. The van der Waals surface area contributed by atoms with E-state index >= 15 is 0 Å². The zero-order chi connectivity index (χ0) is 24.2. The number of fused-ring (bicyclic) bond motifs is 1. The van der Waals surface area contributed by atoms with Gasteiger partial charge in [0.15, 0.2) is 5.69 Å². The Bertz CT molecular complexity index is 1520. The topological polar surface area (TPSA) is 68.5 Å². The molecular weight excluding hydrogens is 436 g/mol. The SMILES string of the molecule is COc1ccc(/C=N\NC(=O)c2cc(-c3ccc4ccccc4c3)n(-c3ccc(C)cc3)n2)cc1. The van der Waals surface area contributed by atoms with Gasteiger partial charge in [-0.2, -0.15) is 10.2 Å². The minimum atomic E-state index is -0.386. The highest BCUT2D eigenvalue weighted by Gasteiger charge is 2.17. The zero-order valence-electron chi connectivity index (χ0n) is 19.5. The third-order valence-electron chi connectivity index (χ3n) is 5.76. The number of methoxy groups -OCH3 is 1. The van der Waals surface area contributed by atoms with Crippen LogP contribution in [0.2, 0.25) is 0 Å². The summed E-state index contributed by atoms with van der Waals surface area (Å²) in [4.78, 5) is 12.9. The van der Waals surface area contributed by atoms with Crippen LogP contribution in [0.15, 0.2) is 102 Å². The number of hydrazone groups is 1. The van der Waals surface area contributed by atoms with Gasteiger partial charge in [-0.05, 0) is 71.8 Å². The van der Waals surface area contributed by atoms with Gasteiger partial charge in [-0.1, -0.05) is 54.1 Å². The highest BCUT2D eigenvalue weighted by Crippen LogP contribution is 2.27. The van der Waals surface area contributed by atoms with E-state index < -0.39 is 0 Å². The van der Waals surface area contributed by atoms with Gasteiger partial charge in [-0.15, -0.1) is 0 Å². The molecule has 1 heterocycles. The van der Waals surface area contributed by atoms with Gasteiger partial charge in [0.05, 0.1) is 24.7 Å². The predicted molar refractivity (Wildman–Crippen MR) is 139 cm³/mol. The molecule has 6 nitrogen and oxygen atoms in total. The lowest BCUT2D eigenvalue weighted by atomic mass is 10.0. The monoisotopic (exact) mass is 460 g/mol. The van der Waals surface area contributed by atoms with Crippen LogP contribution in [0.1, 0.15) is 21.6 Å². The number of carbonyl (C=O) groups is 1. The number of carbonyl (C=O) groups excluding carboxylic acids is 1. The van der Waals surface area contributed by atoms with Crippen LogP contribution in [0.25, 0.3) is 27.7 Å². The molecule has 0 aliphatic rings. The van der Waals surface area contributed by atoms with Gasteiger partial charge in [0.2, 0.25) is 0 Å². The summed E-state index contributed by atoms with van der Waals surface area (Å²) >= 11 is 0. The summed E-state index contributed by atoms with van der Waals surface area (Å²) in [6.45, 7) is 2.04. The van der Waals surface area contributed by atoms with Crippen LogP contribution >= 0.6 is 0 Å². The number of benzene rings is 4. The van der Waals surface area contributed by atoms with Crippen molar-refractivity contribution in [1.29, 1.82) is 0 Å². The molecule has 0 fully saturated rings. The van der Waals surface area contributed by atoms with E-state index in [-0.39, 0.29) is 11.6 Å². The molecule has 0 radical (unpaired) electrons. The Morgan fingerprint density at radius 2 is 1.66 bits per heavy atom. The number of amides is 1. The Labute approximate surface area is 203 Å². The summed E-state index contributed by atoms with van der Waals surface area (Å²) in [7, 11) is 1.62. The fourth-order valence-electron chi connectivity index (χ4n) is 3.84. The van der Waals surface area contributed by atoms with Gasteiger partial charge in [-0.3, -0.25) is 4.79 Å². The lowest BCUT2D eigenvalue weighted by Gasteiger charge is -2.09. The van der Waals surface area contributed by atoms with E-state index in [1.165, 1.54) is 0 Å². The number of ether oxygens (including phenoxy) is 1. The van der Waals surface area contributed by atoms with Gasteiger partial charge in [0.25, 0.3) is 5.91 Å². The van der Waals surface area contributed by atoms with Crippen molar-refractivity contribution in [3.8, 4) is 22.7 Å². The minimum absolute atomic E-state index is 0.278. The van der Waals surface area contributed by atoms with Gasteiger partial charge in [0.1, 0.15) is 5.75 Å². The molecule has 172 valence electrons. The summed E-state index contributed by atoms with van der Waals surface area (Å²) < 4.78 is 6.96. The maximum atomic E-state index is 12.9. The minimum Gasteiger partial charge on any atom is -0.497 e. The molecular formula is C29H24N4O2. The highest BCUT2D eigenvalue weighted by atomic mass is 16.5. The highest BCUT2D eigenvalue weighted by molar-refractivity contribution is 5.95. The molecule has 0 aliphatic carbocycles. The molecule has 1 aromatic heterocycles. The molecule has 0 saturated heterocycles. The summed E-state index contributed by atoms with van der Waals surface area (Å²) in [6.07, 6.45) is 1.58. The van der Waals surface area contributed by atoms with E-state index in [0.717, 1.165) is 44.6 Å². The number of rotatable bonds is 6. The molecule has 0 atom stereocenters. The smallest absolute Gasteiger partial charge is 0.291 e. The molecule has 0 aliphatic heterocycles. The number of nitrogens with zero attached hydrogens (tertiary/aromatic N) is 3. The molecule has 0 unspecified atom stereocenters. The van der Waals surface area contributed by atoms with Crippen molar-refractivity contribution in [2.24, 2.45) is 5.10 Å². The molecule has 1 N–H and O–H groups in total. The summed E-state index contributed by atoms with van der Waals surface area (Å²) in [5.74, 6) is 0.372. The Hall–Kier alpha value is -4.71. The molecule has 5 rings (SSSR count). The Morgan fingerprint density at radius 1 is 0.914 bits per heavy atom. The molecule has 5 aromatic rings. The summed E-state index contributed by atoms with van der Waals surface area (Å²) in [5.41, 5.74) is 7.52. The van der Waals surface area contributed by atoms with Crippen molar-refractivity contribution < 1.29 is 9.53 Å². The second kappa shape index (κ2) is 9.65. The fraction of sp³-hybridized carbons (Fsp3) is 0.0690. The molecule has 1 amide bonds. The van der Waals surface area contributed by atoms with E-state index in [0.29, 0.717) is 0 Å². The number of nitrogens with one attached hydrogen (secondary N) is 1. The number of aryl methyl sites for hydroxylation is 1. The molecule has 0 spiro atoms. The van der Waals surface area contributed by atoms with Gasteiger partial charge < -0.3 is 4.74 Å². The van der Waals surface area contributed by atoms with Crippen LogP contribution in [0.5, 0.6) is 5.75 Å². The first-order valence-electron chi connectivity index (χ1n) is 11.2. The van der Waals surface area contributed by atoms with Gasteiger partial charge in [-0.25, -0.2) is 10.1 Å². The summed E-state index contributed by atoms with van der Waals surface area (Å²) in [5, 5.41) is 11.0. The van der Waals surface area contributed by atoms with Crippen LogP contribution in [0.4, 0.5) is 0 Å². The van der Waals surface area contributed by atoms with Crippen molar-refractivity contribution in [3.63, 3.8) is 0 Å². The largest absolute Gasteiger partial charge is 0.497 e. The Morgan fingerprint density at radius 3 is 2.40 bits per heavy atom. The van der Waals surface area contributed by atoms with E-state index in [9.17, 15) is 4.79 Å². The maximum absolute atomic E-state index is 12.9. The van der Waals surface area contributed by atoms with Gasteiger partial charge in [0, 0.05) is 5.56 Å². The lowest BCUT2D eigenvalue weighted by molar-refractivity contribution is 0.0949. The van der Waals surface area contributed by atoms with Crippen LogP contribution in [0.3, 0.4) is 0 Å². The van der Waals surface area contributed by atoms with Crippen LogP contribution in [-0.4, -0.2) is 29.0 Å². The second-order valence-electron chi connectivity index (χ2n) is 8.20. The van der Waals surface area contributed by atoms with Crippen molar-refractivity contribution in [1.82, 2.24) is 15.2 Å². The van der Waals surface area contributed by atoms with Crippen molar-refractivity contribution >= 4 is 22.9 Å². The quantitative estimate of drug-likeness (QED) is 0.258. The van der Waals surface area contributed by atoms with Crippen LogP contribution in [0, 0.1) is 6.92 Å². The first-order chi connectivity index (χ1) is 17.1. The molecule has 0 saturated carbocycles. The van der Waals surface area contributed by atoms with E-state index in [4.69, 9.17) is 4.74 Å². The molecule has 0 bridgehead atoms. The third-order valence-corrected chi connectivity index (χ3v) is 5.76. The van der Waals surface area contributed by atoms with Crippen LogP contribution in [-0.2, 0) is 0 Å². The second-order valence-corrected chi connectivity index (χ2v) is 8.20. The van der Waals surface area contributed by atoms with Crippen molar-refractivity contribution in [2.75, 3.05) is 7.11 Å². The third kappa shape index (κ3) is 4.82. The first kappa shape index (κ1) is 22.1. The number of hydrogen-bond acceptors (Lipinski definition) is 4. The average molecular weight is 461 g/mol. The zero-order valence-corrected chi connectivity index (χ0v) is 19.5. The predicted octanol–water partition coefficient (Wildman–Crippen LogP) is 5.77. The van der Waals surface area contributed by atoms with Crippen LogP contribution < -0.4 is 10.2 Å². The number of aromatic nitrogens is 2.